The predicted molar refractivity (Wildman–Crippen MR) is 56.4 cm³/mol. The second kappa shape index (κ2) is 4.70. The molecule has 0 aliphatic carbocycles. The maximum atomic E-state index is 13.3. The molecule has 1 heterocycles. The lowest BCUT2D eigenvalue weighted by molar-refractivity contribution is 0.0941. The van der Waals surface area contributed by atoms with Gasteiger partial charge in [-0.3, -0.25) is 9.69 Å². The molecule has 0 aromatic heterocycles. The minimum absolute atomic E-state index is 0.0201. The van der Waals surface area contributed by atoms with E-state index in [1.54, 1.807) is 0 Å². The summed E-state index contributed by atoms with van der Waals surface area (Å²) < 4.78 is 25.9. The minimum Gasteiger partial charge on any atom is -0.296 e. The SMILES string of the molecule is O=C(CN1CCCC1)c1ccc(F)cc1F. The second-order valence-corrected chi connectivity index (χ2v) is 4.03. The molecule has 0 N–H and O–H groups in total. The summed E-state index contributed by atoms with van der Waals surface area (Å²) in [5.74, 6) is -1.71. The van der Waals surface area contributed by atoms with Crippen molar-refractivity contribution in [2.24, 2.45) is 0 Å². The highest BCUT2D eigenvalue weighted by atomic mass is 19.1. The summed E-state index contributed by atoms with van der Waals surface area (Å²) in [6.07, 6.45) is 2.17. The van der Waals surface area contributed by atoms with Gasteiger partial charge in [0.05, 0.1) is 12.1 Å². The molecule has 1 aromatic carbocycles. The third-order valence-electron chi connectivity index (χ3n) is 2.80. The summed E-state index contributed by atoms with van der Waals surface area (Å²) in [5, 5.41) is 0. The molecule has 0 amide bonds. The van der Waals surface area contributed by atoms with Gasteiger partial charge in [0.15, 0.2) is 5.78 Å². The molecule has 0 bridgehead atoms. The van der Waals surface area contributed by atoms with Crippen LogP contribution < -0.4 is 0 Å². The van der Waals surface area contributed by atoms with E-state index in [9.17, 15) is 13.6 Å². The molecule has 16 heavy (non-hydrogen) atoms. The quantitative estimate of drug-likeness (QED) is 0.735. The summed E-state index contributed by atoms with van der Waals surface area (Å²) in [4.78, 5) is 13.7. The molecule has 0 saturated carbocycles. The predicted octanol–water partition coefficient (Wildman–Crippen LogP) is 2.24. The van der Waals surface area contributed by atoms with Gasteiger partial charge in [-0.1, -0.05) is 0 Å². The average Bonchev–Trinajstić information content (AvgIpc) is 2.70. The van der Waals surface area contributed by atoms with Crippen molar-refractivity contribution in [2.45, 2.75) is 12.8 Å². The summed E-state index contributed by atoms with van der Waals surface area (Å²) in [5.41, 5.74) is -0.0201. The first-order chi connectivity index (χ1) is 7.66. The Bertz CT molecular complexity index is 400. The number of nitrogens with zero attached hydrogens (tertiary/aromatic N) is 1. The van der Waals surface area contributed by atoms with Crippen molar-refractivity contribution in [2.75, 3.05) is 19.6 Å². The molecule has 0 atom stereocenters. The van der Waals surface area contributed by atoms with Crippen LogP contribution in [0, 0.1) is 11.6 Å². The zero-order valence-corrected chi connectivity index (χ0v) is 8.88. The summed E-state index contributed by atoms with van der Waals surface area (Å²) in [6, 6.07) is 3.07. The number of rotatable bonds is 3. The van der Waals surface area contributed by atoms with Crippen LogP contribution in [0.5, 0.6) is 0 Å². The van der Waals surface area contributed by atoms with E-state index in [2.05, 4.69) is 0 Å². The van der Waals surface area contributed by atoms with Gasteiger partial charge < -0.3 is 0 Å². The van der Waals surface area contributed by atoms with E-state index < -0.39 is 11.6 Å². The van der Waals surface area contributed by atoms with Crippen LogP contribution in [0.25, 0.3) is 0 Å². The molecule has 1 aliphatic heterocycles. The van der Waals surface area contributed by atoms with E-state index >= 15 is 0 Å². The molecule has 0 spiro atoms. The largest absolute Gasteiger partial charge is 0.296 e. The van der Waals surface area contributed by atoms with E-state index in [0.29, 0.717) is 0 Å². The van der Waals surface area contributed by atoms with Crippen molar-refractivity contribution in [1.29, 1.82) is 0 Å². The molecule has 86 valence electrons. The number of ketones is 1. The number of halogens is 2. The molecule has 1 fully saturated rings. The molecular formula is C12H13F2NO. The zero-order chi connectivity index (χ0) is 11.5. The maximum Gasteiger partial charge on any atom is 0.179 e. The van der Waals surface area contributed by atoms with E-state index in [0.717, 1.165) is 38.1 Å². The number of Topliss-reactive ketones (excluding diaryl/α,β-unsaturated/α-hetero) is 1. The number of likely N-dealkylation sites (tertiary alicyclic amines) is 1. The highest BCUT2D eigenvalue weighted by molar-refractivity contribution is 5.97. The zero-order valence-electron chi connectivity index (χ0n) is 8.88. The minimum atomic E-state index is -0.774. The van der Waals surface area contributed by atoms with E-state index in [1.165, 1.54) is 6.07 Å². The van der Waals surface area contributed by atoms with Gasteiger partial charge in [0.25, 0.3) is 0 Å². The fourth-order valence-corrected chi connectivity index (χ4v) is 1.94. The summed E-state index contributed by atoms with van der Waals surface area (Å²) in [6.45, 7) is 1.99. The first-order valence-electron chi connectivity index (χ1n) is 5.37. The number of benzene rings is 1. The Labute approximate surface area is 92.9 Å². The first-order valence-corrected chi connectivity index (χ1v) is 5.37. The van der Waals surface area contributed by atoms with Crippen molar-refractivity contribution in [3.8, 4) is 0 Å². The molecule has 1 saturated heterocycles. The van der Waals surface area contributed by atoms with Crippen LogP contribution in [-0.4, -0.2) is 30.3 Å². The van der Waals surface area contributed by atoms with Crippen LogP contribution in [0.15, 0.2) is 18.2 Å². The Morgan fingerprint density at radius 2 is 1.94 bits per heavy atom. The first kappa shape index (κ1) is 11.2. The molecule has 1 aliphatic rings. The molecule has 2 rings (SSSR count). The second-order valence-electron chi connectivity index (χ2n) is 4.03. The molecule has 1 aromatic rings. The van der Waals surface area contributed by atoms with E-state index in [4.69, 9.17) is 0 Å². The number of hydrogen-bond donors (Lipinski definition) is 0. The summed E-state index contributed by atoms with van der Waals surface area (Å²) >= 11 is 0. The van der Waals surface area contributed by atoms with Gasteiger partial charge in [0.2, 0.25) is 0 Å². The normalized spacial score (nSPS) is 16.6. The van der Waals surface area contributed by atoms with Gasteiger partial charge >= 0.3 is 0 Å². The fraction of sp³-hybridized carbons (Fsp3) is 0.417. The van der Waals surface area contributed by atoms with Gasteiger partial charge in [-0.05, 0) is 38.1 Å². The van der Waals surface area contributed by atoms with Crippen molar-refractivity contribution >= 4 is 5.78 Å². The Morgan fingerprint density at radius 3 is 2.56 bits per heavy atom. The average molecular weight is 225 g/mol. The van der Waals surface area contributed by atoms with Crippen molar-refractivity contribution in [3.05, 3.63) is 35.4 Å². The van der Waals surface area contributed by atoms with Crippen LogP contribution in [-0.2, 0) is 0 Å². The third kappa shape index (κ3) is 2.44. The van der Waals surface area contributed by atoms with Gasteiger partial charge in [-0.15, -0.1) is 0 Å². The number of hydrogen-bond acceptors (Lipinski definition) is 2. The summed E-state index contributed by atoms with van der Waals surface area (Å²) in [7, 11) is 0. The Hall–Kier alpha value is -1.29. The Morgan fingerprint density at radius 1 is 1.25 bits per heavy atom. The topological polar surface area (TPSA) is 20.3 Å². The lowest BCUT2D eigenvalue weighted by Gasteiger charge is -2.13. The molecule has 0 unspecified atom stereocenters. The lowest BCUT2D eigenvalue weighted by Crippen LogP contribution is -2.27. The van der Waals surface area contributed by atoms with Gasteiger partial charge in [0, 0.05) is 6.07 Å². The molecular weight excluding hydrogens is 212 g/mol. The molecule has 0 radical (unpaired) electrons. The van der Waals surface area contributed by atoms with Crippen LogP contribution in [0.3, 0.4) is 0 Å². The maximum absolute atomic E-state index is 13.3. The highest BCUT2D eigenvalue weighted by Crippen LogP contribution is 2.13. The Balaban J connectivity index is 2.08. The van der Waals surface area contributed by atoms with Crippen molar-refractivity contribution in [1.82, 2.24) is 4.90 Å². The van der Waals surface area contributed by atoms with Crippen LogP contribution in [0.4, 0.5) is 8.78 Å². The molecule has 4 heteroatoms. The van der Waals surface area contributed by atoms with Crippen LogP contribution in [0.2, 0.25) is 0 Å². The van der Waals surface area contributed by atoms with Gasteiger partial charge in [-0.2, -0.15) is 0 Å². The third-order valence-corrected chi connectivity index (χ3v) is 2.80. The van der Waals surface area contributed by atoms with Gasteiger partial charge in [-0.25, -0.2) is 8.78 Å². The van der Waals surface area contributed by atoms with Crippen molar-refractivity contribution in [3.63, 3.8) is 0 Å². The highest BCUT2D eigenvalue weighted by Gasteiger charge is 2.18. The number of carbonyl (C=O) groups is 1. The molecule has 2 nitrogen and oxygen atoms in total. The lowest BCUT2D eigenvalue weighted by atomic mass is 10.1. The fourth-order valence-electron chi connectivity index (χ4n) is 1.94. The standard InChI is InChI=1S/C12H13F2NO/c13-9-3-4-10(11(14)7-9)12(16)8-15-5-1-2-6-15/h3-4,7H,1-2,5-6,8H2. The monoisotopic (exact) mass is 225 g/mol. The van der Waals surface area contributed by atoms with E-state index in [1.807, 2.05) is 4.90 Å². The van der Waals surface area contributed by atoms with Gasteiger partial charge in [0.1, 0.15) is 11.6 Å². The number of carbonyl (C=O) groups excluding carboxylic acids is 1. The van der Waals surface area contributed by atoms with Crippen molar-refractivity contribution < 1.29 is 13.6 Å². The van der Waals surface area contributed by atoms with Crippen LogP contribution >= 0.6 is 0 Å². The Kier molecular flexibility index (Phi) is 3.29. The van der Waals surface area contributed by atoms with E-state index in [-0.39, 0.29) is 17.9 Å². The smallest absolute Gasteiger partial charge is 0.179 e. The van der Waals surface area contributed by atoms with Crippen LogP contribution in [0.1, 0.15) is 23.2 Å².